The van der Waals surface area contributed by atoms with E-state index in [0.29, 0.717) is 24.6 Å². The fraction of sp³-hybridized carbons (Fsp3) is 0.235. The number of carbonyl (C=O) groups is 1. The Morgan fingerprint density at radius 1 is 1.05 bits per heavy atom. The van der Waals surface area contributed by atoms with Gasteiger partial charge in [-0.2, -0.15) is 0 Å². The van der Waals surface area contributed by atoms with Crippen molar-refractivity contribution in [3.8, 4) is 5.75 Å². The van der Waals surface area contributed by atoms with E-state index >= 15 is 0 Å². The van der Waals surface area contributed by atoms with Gasteiger partial charge in [-0.25, -0.2) is 0 Å². The average molecular weight is 304 g/mol. The van der Waals surface area contributed by atoms with Crippen molar-refractivity contribution in [2.75, 3.05) is 13.2 Å². The number of hydrogen-bond acceptors (Lipinski definition) is 2. The van der Waals surface area contributed by atoms with Gasteiger partial charge in [0.1, 0.15) is 5.75 Å². The molecule has 110 valence electrons. The molecule has 2 aromatic carbocycles. The lowest BCUT2D eigenvalue weighted by molar-refractivity contribution is -0.120. The van der Waals surface area contributed by atoms with Crippen LogP contribution in [0.2, 0.25) is 5.02 Å². The Morgan fingerprint density at radius 3 is 2.52 bits per heavy atom. The maximum atomic E-state index is 11.8. The first kappa shape index (κ1) is 15.4. The number of halogens is 1. The van der Waals surface area contributed by atoms with Crippen LogP contribution in [0.4, 0.5) is 0 Å². The van der Waals surface area contributed by atoms with Gasteiger partial charge in [-0.05, 0) is 30.2 Å². The Kier molecular flexibility index (Phi) is 6.10. The van der Waals surface area contributed by atoms with Crippen LogP contribution in [0.5, 0.6) is 5.75 Å². The third-order valence-corrected chi connectivity index (χ3v) is 3.33. The fourth-order valence-corrected chi connectivity index (χ4v) is 2.09. The lowest BCUT2D eigenvalue weighted by atomic mass is 10.1. The standard InChI is InChI=1S/C17H18ClNO2/c18-16-10-5-4-7-14(16)13-17(20)19-11-6-12-21-15-8-2-1-3-9-15/h1-5,7-10H,6,11-13H2,(H,19,20). The smallest absolute Gasteiger partial charge is 0.224 e. The first-order valence-electron chi connectivity index (χ1n) is 6.93. The molecule has 2 rings (SSSR count). The van der Waals surface area contributed by atoms with E-state index in [-0.39, 0.29) is 5.91 Å². The molecule has 1 amide bonds. The van der Waals surface area contributed by atoms with Gasteiger partial charge in [0, 0.05) is 11.6 Å². The molecule has 1 N–H and O–H groups in total. The molecule has 0 saturated heterocycles. The summed E-state index contributed by atoms with van der Waals surface area (Å²) in [6.45, 7) is 1.17. The normalized spacial score (nSPS) is 10.1. The van der Waals surface area contributed by atoms with Crippen LogP contribution < -0.4 is 10.1 Å². The summed E-state index contributed by atoms with van der Waals surface area (Å²) in [7, 11) is 0. The lowest BCUT2D eigenvalue weighted by Crippen LogP contribution is -2.27. The molecule has 3 nitrogen and oxygen atoms in total. The molecule has 0 spiro atoms. The summed E-state index contributed by atoms with van der Waals surface area (Å²) in [5, 5.41) is 3.49. The SMILES string of the molecule is O=C(Cc1ccccc1Cl)NCCCOc1ccccc1. The largest absolute Gasteiger partial charge is 0.494 e. The predicted molar refractivity (Wildman–Crippen MR) is 84.7 cm³/mol. The van der Waals surface area contributed by atoms with Crippen LogP contribution in [0.1, 0.15) is 12.0 Å². The van der Waals surface area contributed by atoms with Gasteiger partial charge in [-0.15, -0.1) is 0 Å². The van der Waals surface area contributed by atoms with Crippen molar-refractivity contribution < 1.29 is 9.53 Å². The van der Waals surface area contributed by atoms with Crippen LogP contribution in [0.3, 0.4) is 0 Å². The number of carbonyl (C=O) groups excluding carboxylic acids is 1. The summed E-state index contributed by atoms with van der Waals surface area (Å²) in [6.07, 6.45) is 1.07. The zero-order chi connectivity index (χ0) is 14.9. The maximum Gasteiger partial charge on any atom is 0.224 e. The Balaban J connectivity index is 1.63. The molecule has 4 heteroatoms. The van der Waals surface area contributed by atoms with E-state index in [1.165, 1.54) is 0 Å². The molecule has 0 fully saturated rings. The van der Waals surface area contributed by atoms with E-state index in [1.807, 2.05) is 48.5 Å². The number of benzene rings is 2. The predicted octanol–water partition coefficient (Wildman–Crippen LogP) is 3.47. The minimum absolute atomic E-state index is 0.0252. The molecule has 0 saturated carbocycles. The first-order valence-corrected chi connectivity index (χ1v) is 7.31. The van der Waals surface area contributed by atoms with Crippen molar-refractivity contribution in [3.05, 3.63) is 65.2 Å². The molecular weight excluding hydrogens is 286 g/mol. The van der Waals surface area contributed by atoms with Crippen LogP contribution in [0.25, 0.3) is 0 Å². The Labute approximate surface area is 129 Å². The van der Waals surface area contributed by atoms with Crippen LogP contribution in [-0.2, 0) is 11.2 Å². The molecular formula is C17H18ClNO2. The number of para-hydroxylation sites is 1. The second-order valence-corrected chi connectivity index (χ2v) is 5.04. The highest BCUT2D eigenvalue weighted by Gasteiger charge is 2.05. The molecule has 2 aromatic rings. The second-order valence-electron chi connectivity index (χ2n) is 4.63. The van der Waals surface area contributed by atoms with Gasteiger partial charge in [0.2, 0.25) is 5.91 Å². The third-order valence-electron chi connectivity index (χ3n) is 2.96. The van der Waals surface area contributed by atoms with Crippen molar-refractivity contribution in [1.82, 2.24) is 5.32 Å². The average Bonchev–Trinajstić information content (AvgIpc) is 2.50. The highest BCUT2D eigenvalue weighted by atomic mass is 35.5. The molecule has 0 atom stereocenters. The van der Waals surface area contributed by atoms with Crippen molar-refractivity contribution in [1.29, 1.82) is 0 Å². The van der Waals surface area contributed by atoms with E-state index in [0.717, 1.165) is 17.7 Å². The molecule has 0 bridgehead atoms. The number of rotatable bonds is 7. The summed E-state index contributed by atoms with van der Waals surface area (Å²) in [4.78, 5) is 11.8. The summed E-state index contributed by atoms with van der Waals surface area (Å²) in [5.41, 5.74) is 0.845. The number of amides is 1. The highest BCUT2D eigenvalue weighted by molar-refractivity contribution is 6.31. The Morgan fingerprint density at radius 2 is 1.76 bits per heavy atom. The van der Waals surface area contributed by atoms with Crippen LogP contribution in [0.15, 0.2) is 54.6 Å². The first-order chi connectivity index (χ1) is 10.3. The van der Waals surface area contributed by atoms with Crippen molar-refractivity contribution in [3.63, 3.8) is 0 Å². The molecule has 0 radical (unpaired) electrons. The monoisotopic (exact) mass is 303 g/mol. The minimum Gasteiger partial charge on any atom is -0.494 e. The summed E-state index contributed by atoms with van der Waals surface area (Å²) in [6, 6.07) is 17.0. The Bertz CT molecular complexity index is 572. The van der Waals surface area contributed by atoms with E-state index in [9.17, 15) is 4.79 Å². The van der Waals surface area contributed by atoms with Gasteiger partial charge in [-0.1, -0.05) is 48.0 Å². The van der Waals surface area contributed by atoms with Gasteiger partial charge >= 0.3 is 0 Å². The van der Waals surface area contributed by atoms with E-state index in [4.69, 9.17) is 16.3 Å². The number of nitrogens with one attached hydrogen (secondary N) is 1. The highest BCUT2D eigenvalue weighted by Crippen LogP contribution is 2.15. The van der Waals surface area contributed by atoms with E-state index in [1.54, 1.807) is 6.07 Å². The van der Waals surface area contributed by atoms with Crippen LogP contribution in [-0.4, -0.2) is 19.1 Å². The van der Waals surface area contributed by atoms with Gasteiger partial charge in [0.25, 0.3) is 0 Å². The topological polar surface area (TPSA) is 38.3 Å². The van der Waals surface area contributed by atoms with Crippen LogP contribution >= 0.6 is 11.6 Å². The number of ether oxygens (including phenoxy) is 1. The van der Waals surface area contributed by atoms with Crippen LogP contribution in [0, 0.1) is 0 Å². The minimum atomic E-state index is -0.0252. The summed E-state index contributed by atoms with van der Waals surface area (Å²) in [5.74, 6) is 0.822. The number of hydrogen-bond donors (Lipinski definition) is 1. The van der Waals surface area contributed by atoms with Gasteiger partial charge < -0.3 is 10.1 Å². The van der Waals surface area contributed by atoms with Gasteiger partial charge in [-0.3, -0.25) is 4.79 Å². The van der Waals surface area contributed by atoms with Crippen molar-refractivity contribution in [2.24, 2.45) is 0 Å². The molecule has 0 aromatic heterocycles. The van der Waals surface area contributed by atoms with Gasteiger partial charge in [0.15, 0.2) is 0 Å². The van der Waals surface area contributed by atoms with Gasteiger partial charge in [0.05, 0.1) is 13.0 Å². The molecule has 0 aliphatic rings. The molecule has 0 unspecified atom stereocenters. The fourth-order valence-electron chi connectivity index (χ4n) is 1.88. The van der Waals surface area contributed by atoms with Crippen molar-refractivity contribution >= 4 is 17.5 Å². The molecule has 0 heterocycles. The van der Waals surface area contributed by atoms with E-state index in [2.05, 4.69) is 5.32 Å². The maximum absolute atomic E-state index is 11.8. The quantitative estimate of drug-likeness (QED) is 0.795. The Hall–Kier alpha value is -2.00. The molecule has 21 heavy (non-hydrogen) atoms. The summed E-state index contributed by atoms with van der Waals surface area (Å²) < 4.78 is 5.55. The summed E-state index contributed by atoms with van der Waals surface area (Å²) >= 11 is 6.02. The second kappa shape index (κ2) is 8.32. The van der Waals surface area contributed by atoms with Crippen molar-refractivity contribution in [2.45, 2.75) is 12.8 Å². The lowest BCUT2D eigenvalue weighted by Gasteiger charge is -2.08. The zero-order valence-corrected chi connectivity index (χ0v) is 12.5. The third kappa shape index (κ3) is 5.48. The zero-order valence-electron chi connectivity index (χ0n) is 11.7. The molecule has 0 aliphatic heterocycles. The van der Waals surface area contributed by atoms with E-state index < -0.39 is 0 Å². The molecule has 0 aliphatic carbocycles.